The van der Waals surface area contributed by atoms with Crippen LogP contribution in [-0.4, -0.2) is 26.8 Å². The van der Waals surface area contributed by atoms with Gasteiger partial charge in [-0.2, -0.15) is 0 Å². The number of carbonyl (C=O) groups is 2. The second-order valence-electron chi connectivity index (χ2n) is 7.70. The Morgan fingerprint density at radius 2 is 1.56 bits per heavy atom. The van der Waals surface area contributed by atoms with Crippen LogP contribution in [0.3, 0.4) is 0 Å². The van der Waals surface area contributed by atoms with E-state index in [9.17, 15) is 22.4 Å². The molecule has 0 bridgehead atoms. The van der Waals surface area contributed by atoms with Crippen LogP contribution in [0.5, 0.6) is 0 Å². The average Bonchev–Trinajstić information content (AvgIpc) is 3.25. The average molecular weight is 480 g/mol. The molecule has 34 heavy (non-hydrogen) atoms. The number of rotatable bonds is 7. The van der Waals surface area contributed by atoms with Crippen LogP contribution in [0.25, 0.3) is 6.08 Å². The zero-order valence-corrected chi connectivity index (χ0v) is 18.9. The Morgan fingerprint density at radius 1 is 0.912 bits per heavy atom. The molecule has 7 nitrogen and oxygen atoms in total. The maximum Gasteiger partial charge on any atom is 0.261 e. The third-order valence-corrected chi connectivity index (χ3v) is 6.63. The van der Waals surface area contributed by atoms with Crippen molar-refractivity contribution in [2.75, 3.05) is 21.5 Å². The summed E-state index contributed by atoms with van der Waals surface area (Å²) in [5.41, 5.74) is 2.45. The van der Waals surface area contributed by atoms with Crippen molar-refractivity contribution in [1.82, 2.24) is 0 Å². The van der Waals surface area contributed by atoms with Gasteiger partial charge in [0.25, 0.3) is 10.0 Å². The molecule has 1 heterocycles. The number of amides is 2. The SMILES string of the molecule is O=C(/C=C/c1ccc(N2CCCC2=O)cc1)Nc1ccc(NS(=O)(=O)c2ccc(F)cc2)cc1. The minimum atomic E-state index is -3.85. The van der Waals surface area contributed by atoms with E-state index in [4.69, 9.17) is 0 Å². The third-order valence-electron chi connectivity index (χ3n) is 5.23. The molecule has 0 saturated carbocycles. The molecule has 1 saturated heterocycles. The predicted octanol–water partition coefficient (Wildman–Crippen LogP) is 4.41. The van der Waals surface area contributed by atoms with E-state index in [1.165, 1.54) is 30.3 Å². The highest BCUT2D eigenvalue weighted by atomic mass is 32.2. The van der Waals surface area contributed by atoms with Gasteiger partial charge in [0.1, 0.15) is 5.82 Å². The molecule has 0 spiro atoms. The summed E-state index contributed by atoms with van der Waals surface area (Å²) in [5, 5.41) is 2.70. The fourth-order valence-corrected chi connectivity index (χ4v) is 4.55. The highest BCUT2D eigenvalue weighted by Crippen LogP contribution is 2.22. The second kappa shape index (κ2) is 9.88. The summed E-state index contributed by atoms with van der Waals surface area (Å²) in [7, 11) is -3.85. The van der Waals surface area contributed by atoms with Gasteiger partial charge in [-0.15, -0.1) is 0 Å². The Hall–Kier alpha value is -3.98. The molecular formula is C25H22FN3O4S. The van der Waals surface area contributed by atoms with Gasteiger partial charge in [-0.05, 0) is 78.7 Å². The normalized spacial score (nSPS) is 13.9. The first-order valence-corrected chi connectivity index (χ1v) is 12.1. The molecule has 1 fully saturated rings. The number of benzene rings is 3. The second-order valence-corrected chi connectivity index (χ2v) is 9.38. The molecule has 1 aliphatic heterocycles. The van der Waals surface area contributed by atoms with Crippen molar-refractivity contribution >= 4 is 45.0 Å². The van der Waals surface area contributed by atoms with Gasteiger partial charge in [-0.3, -0.25) is 14.3 Å². The van der Waals surface area contributed by atoms with Crippen molar-refractivity contribution in [3.63, 3.8) is 0 Å². The van der Waals surface area contributed by atoms with Crippen molar-refractivity contribution in [2.45, 2.75) is 17.7 Å². The summed E-state index contributed by atoms with van der Waals surface area (Å²) < 4.78 is 40.2. The Balaban J connectivity index is 1.33. The maximum absolute atomic E-state index is 13.0. The summed E-state index contributed by atoms with van der Waals surface area (Å²) in [4.78, 5) is 25.8. The molecule has 0 aliphatic carbocycles. The number of sulfonamides is 1. The monoisotopic (exact) mass is 479 g/mol. The minimum Gasteiger partial charge on any atom is -0.323 e. The summed E-state index contributed by atoms with van der Waals surface area (Å²) >= 11 is 0. The minimum absolute atomic E-state index is 0.0588. The van der Waals surface area contributed by atoms with E-state index >= 15 is 0 Å². The quantitative estimate of drug-likeness (QED) is 0.491. The summed E-state index contributed by atoms with van der Waals surface area (Å²) in [6.07, 6.45) is 4.49. The Bertz CT molecular complexity index is 1320. The summed E-state index contributed by atoms with van der Waals surface area (Å²) in [6, 6.07) is 18.0. The van der Waals surface area contributed by atoms with Gasteiger partial charge in [-0.25, -0.2) is 12.8 Å². The lowest BCUT2D eigenvalue weighted by atomic mass is 10.2. The number of halogens is 1. The highest BCUT2D eigenvalue weighted by Gasteiger charge is 2.21. The van der Waals surface area contributed by atoms with Crippen molar-refractivity contribution in [2.24, 2.45) is 0 Å². The van der Waals surface area contributed by atoms with Crippen LogP contribution >= 0.6 is 0 Å². The van der Waals surface area contributed by atoms with E-state index < -0.39 is 15.8 Å². The standard InChI is InChI=1S/C25H22FN3O4S/c26-19-6-14-23(15-7-19)34(32,33)28-21-10-8-20(9-11-21)27-24(30)16-5-18-3-12-22(13-4-18)29-17-1-2-25(29)31/h3-16,28H,1-2,17H2,(H,27,30)/b16-5+. The Morgan fingerprint density at radius 3 is 2.18 bits per heavy atom. The van der Waals surface area contributed by atoms with Crippen LogP contribution in [0.1, 0.15) is 18.4 Å². The lowest BCUT2D eigenvalue weighted by Gasteiger charge is -2.15. The Labute approximate surface area is 197 Å². The first kappa shape index (κ1) is 23.2. The van der Waals surface area contributed by atoms with Gasteiger partial charge in [0.15, 0.2) is 0 Å². The summed E-state index contributed by atoms with van der Waals surface area (Å²) in [5.74, 6) is -0.751. The molecule has 0 atom stereocenters. The van der Waals surface area contributed by atoms with Gasteiger partial charge in [0, 0.05) is 36.1 Å². The van der Waals surface area contributed by atoms with E-state index in [1.807, 2.05) is 24.3 Å². The predicted molar refractivity (Wildman–Crippen MR) is 129 cm³/mol. The molecule has 1 aliphatic rings. The van der Waals surface area contributed by atoms with Crippen LogP contribution in [-0.2, 0) is 19.6 Å². The number of anilines is 3. The number of hydrogen-bond acceptors (Lipinski definition) is 4. The van der Waals surface area contributed by atoms with Gasteiger partial charge in [0.05, 0.1) is 4.90 Å². The molecule has 3 aromatic rings. The van der Waals surface area contributed by atoms with Crippen molar-refractivity contribution < 1.29 is 22.4 Å². The molecule has 3 aromatic carbocycles. The fraction of sp³-hybridized carbons (Fsp3) is 0.120. The molecule has 9 heteroatoms. The number of nitrogens with one attached hydrogen (secondary N) is 2. The topological polar surface area (TPSA) is 95.6 Å². The molecule has 2 N–H and O–H groups in total. The maximum atomic E-state index is 13.0. The van der Waals surface area contributed by atoms with E-state index in [-0.39, 0.29) is 16.7 Å². The van der Waals surface area contributed by atoms with E-state index in [0.717, 1.165) is 36.3 Å². The lowest BCUT2D eigenvalue weighted by molar-refractivity contribution is -0.117. The third kappa shape index (κ3) is 5.68. The number of carbonyl (C=O) groups excluding carboxylic acids is 2. The van der Waals surface area contributed by atoms with Crippen LogP contribution in [0, 0.1) is 5.82 Å². The van der Waals surface area contributed by atoms with Crippen LogP contribution in [0.2, 0.25) is 0 Å². The molecule has 4 rings (SSSR count). The molecule has 174 valence electrons. The molecular weight excluding hydrogens is 457 g/mol. The largest absolute Gasteiger partial charge is 0.323 e. The van der Waals surface area contributed by atoms with Crippen molar-refractivity contribution in [3.8, 4) is 0 Å². The van der Waals surface area contributed by atoms with E-state index in [0.29, 0.717) is 17.8 Å². The molecule has 2 amide bonds. The van der Waals surface area contributed by atoms with Crippen molar-refractivity contribution in [3.05, 3.63) is 90.3 Å². The Kier molecular flexibility index (Phi) is 6.74. The van der Waals surface area contributed by atoms with Gasteiger partial charge >= 0.3 is 0 Å². The summed E-state index contributed by atoms with van der Waals surface area (Å²) in [6.45, 7) is 0.725. The van der Waals surface area contributed by atoms with E-state index in [2.05, 4.69) is 10.0 Å². The smallest absolute Gasteiger partial charge is 0.261 e. The first-order chi connectivity index (χ1) is 16.3. The molecule has 0 radical (unpaired) electrons. The van der Waals surface area contributed by atoms with Gasteiger partial charge < -0.3 is 10.2 Å². The number of hydrogen-bond donors (Lipinski definition) is 2. The van der Waals surface area contributed by atoms with Crippen molar-refractivity contribution in [1.29, 1.82) is 0 Å². The van der Waals surface area contributed by atoms with Crippen LogP contribution in [0.4, 0.5) is 21.5 Å². The fourth-order valence-electron chi connectivity index (χ4n) is 3.49. The van der Waals surface area contributed by atoms with Crippen LogP contribution < -0.4 is 14.9 Å². The zero-order chi connectivity index (χ0) is 24.1. The van der Waals surface area contributed by atoms with Crippen LogP contribution in [0.15, 0.2) is 83.8 Å². The zero-order valence-electron chi connectivity index (χ0n) is 18.1. The number of nitrogens with zero attached hydrogens (tertiary/aromatic N) is 1. The molecule has 0 unspecified atom stereocenters. The highest BCUT2D eigenvalue weighted by molar-refractivity contribution is 7.92. The van der Waals surface area contributed by atoms with Gasteiger partial charge in [-0.1, -0.05) is 12.1 Å². The van der Waals surface area contributed by atoms with E-state index in [1.54, 1.807) is 23.1 Å². The molecule has 0 aromatic heterocycles. The lowest BCUT2D eigenvalue weighted by Crippen LogP contribution is -2.23. The van der Waals surface area contributed by atoms with Gasteiger partial charge in [0.2, 0.25) is 11.8 Å². The first-order valence-electron chi connectivity index (χ1n) is 10.6.